The molecule has 0 spiro atoms. The first-order valence-corrected chi connectivity index (χ1v) is 6.48. The van der Waals surface area contributed by atoms with E-state index in [9.17, 15) is 9.59 Å². The van der Waals surface area contributed by atoms with Gasteiger partial charge in [0, 0.05) is 5.56 Å². The summed E-state index contributed by atoms with van der Waals surface area (Å²) in [5.74, 6) is -0.531. The number of esters is 1. The Bertz CT molecular complexity index is 518. The van der Waals surface area contributed by atoms with E-state index in [0.717, 1.165) is 12.0 Å². The van der Waals surface area contributed by atoms with Crippen LogP contribution in [0.2, 0.25) is 0 Å². The second kappa shape index (κ2) is 5.39. The van der Waals surface area contributed by atoms with Gasteiger partial charge in [-0.2, -0.15) is 0 Å². The van der Waals surface area contributed by atoms with Gasteiger partial charge in [-0.25, -0.2) is 0 Å². The lowest BCUT2D eigenvalue weighted by molar-refractivity contribution is -0.150. The number of hydrogen-bond acceptors (Lipinski definition) is 3. The molecule has 0 heterocycles. The van der Waals surface area contributed by atoms with E-state index in [1.165, 1.54) is 7.11 Å². The molecule has 19 heavy (non-hydrogen) atoms. The fraction of sp³-hybridized carbons (Fsp3) is 0.375. The predicted octanol–water partition coefficient (Wildman–Crippen LogP) is 2.94. The number of carbonyl (C=O) groups excluding carboxylic acids is 2. The van der Waals surface area contributed by atoms with Gasteiger partial charge in [0.1, 0.15) is 5.41 Å². The van der Waals surface area contributed by atoms with Gasteiger partial charge in [-0.15, -0.1) is 6.58 Å². The molecule has 3 nitrogen and oxygen atoms in total. The molecule has 3 heteroatoms. The average molecular weight is 258 g/mol. The highest BCUT2D eigenvalue weighted by atomic mass is 16.5. The molecule has 2 rings (SSSR count). The molecule has 0 N–H and O–H groups in total. The summed E-state index contributed by atoms with van der Waals surface area (Å²) in [6.07, 6.45) is 4.08. The minimum atomic E-state index is -1.03. The minimum absolute atomic E-state index is 0.108. The van der Waals surface area contributed by atoms with Crippen molar-refractivity contribution in [3.8, 4) is 0 Å². The van der Waals surface area contributed by atoms with Gasteiger partial charge in [-0.1, -0.05) is 30.3 Å². The molecule has 0 fully saturated rings. The smallest absolute Gasteiger partial charge is 0.319 e. The van der Waals surface area contributed by atoms with E-state index in [2.05, 4.69) is 6.58 Å². The molecule has 0 amide bonds. The Kier molecular flexibility index (Phi) is 3.84. The van der Waals surface area contributed by atoms with Crippen LogP contribution in [0.3, 0.4) is 0 Å². The number of rotatable bonds is 4. The number of benzene rings is 1. The SMILES string of the molecule is C=CCCC1(C(=O)OC)CCc2ccccc2C1=O. The zero-order valence-electron chi connectivity index (χ0n) is 11.1. The summed E-state index contributed by atoms with van der Waals surface area (Å²) in [6, 6.07) is 7.49. The molecule has 0 radical (unpaired) electrons. The maximum absolute atomic E-state index is 12.7. The molecular weight excluding hydrogens is 240 g/mol. The highest BCUT2D eigenvalue weighted by Gasteiger charge is 2.48. The van der Waals surface area contributed by atoms with Gasteiger partial charge in [0.25, 0.3) is 0 Å². The third-order valence-electron chi connectivity index (χ3n) is 3.87. The normalized spacial score (nSPS) is 21.6. The number of hydrogen-bond donors (Lipinski definition) is 0. The third kappa shape index (κ3) is 2.21. The van der Waals surface area contributed by atoms with E-state index in [4.69, 9.17) is 4.74 Å². The number of ether oxygens (including phenoxy) is 1. The predicted molar refractivity (Wildman–Crippen MR) is 73.0 cm³/mol. The van der Waals surface area contributed by atoms with Gasteiger partial charge in [0.15, 0.2) is 5.78 Å². The first kappa shape index (κ1) is 13.5. The molecule has 1 aliphatic rings. The van der Waals surface area contributed by atoms with E-state index in [1.807, 2.05) is 18.2 Å². The van der Waals surface area contributed by atoms with Crippen molar-refractivity contribution in [1.82, 2.24) is 0 Å². The van der Waals surface area contributed by atoms with Crippen LogP contribution in [0.25, 0.3) is 0 Å². The van der Waals surface area contributed by atoms with E-state index in [-0.39, 0.29) is 5.78 Å². The number of fused-ring (bicyclic) bond motifs is 1. The van der Waals surface area contributed by atoms with Crippen LogP contribution in [0.1, 0.15) is 35.2 Å². The lowest BCUT2D eigenvalue weighted by Gasteiger charge is -2.33. The van der Waals surface area contributed by atoms with Crippen LogP contribution in [0.5, 0.6) is 0 Å². The van der Waals surface area contributed by atoms with Crippen molar-refractivity contribution in [2.75, 3.05) is 7.11 Å². The quantitative estimate of drug-likeness (QED) is 0.474. The second-order valence-electron chi connectivity index (χ2n) is 4.89. The number of allylic oxidation sites excluding steroid dienone is 1. The van der Waals surface area contributed by atoms with Gasteiger partial charge in [-0.05, 0) is 31.2 Å². The number of ketones is 1. The molecule has 1 aromatic carbocycles. The monoisotopic (exact) mass is 258 g/mol. The standard InChI is InChI=1S/C16H18O3/c1-3-4-10-16(15(18)19-2)11-9-12-7-5-6-8-13(12)14(16)17/h3,5-8H,1,4,9-11H2,2H3. The van der Waals surface area contributed by atoms with Gasteiger partial charge in [-0.3, -0.25) is 9.59 Å². The van der Waals surface area contributed by atoms with Gasteiger partial charge in [0.2, 0.25) is 0 Å². The molecule has 0 saturated heterocycles. The number of Topliss-reactive ketones (excluding diaryl/α,β-unsaturated/α-hetero) is 1. The topological polar surface area (TPSA) is 43.4 Å². The van der Waals surface area contributed by atoms with E-state index in [0.29, 0.717) is 24.8 Å². The number of methoxy groups -OCH3 is 1. The summed E-state index contributed by atoms with van der Waals surface area (Å²) in [5, 5.41) is 0. The minimum Gasteiger partial charge on any atom is -0.468 e. The van der Waals surface area contributed by atoms with Crippen LogP contribution in [0, 0.1) is 5.41 Å². The van der Waals surface area contributed by atoms with Crippen molar-refractivity contribution in [3.63, 3.8) is 0 Å². The van der Waals surface area contributed by atoms with Crippen molar-refractivity contribution in [2.24, 2.45) is 5.41 Å². The Labute approximate surface area is 113 Å². The molecule has 100 valence electrons. The summed E-state index contributed by atoms with van der Waals surface area (Å²) in [6.45, 7) is 3.67. The first-order valence-electron chi connectivity index (χ1n) is 6.48. The Morgan fingerprint density at radius 3 is 2.89 bits per heavy atom. The van der Waals surface area contributed by atoms with Crippen molar-refractivity contribution < 1.29 is 14.3 Å². The van der Waals surface area contributed by atoms with Crippen molar-refractivity contribution >= 4 is 11.8 Å². The Hall–Kier alpha value is -1.90. The Morgan fingerprint density at radius 1 is 1.47 bits per heavy atom. The zero-order valence-corrected chi connectivity index (χ0v) is 11.1. The molecular formula is C16H18O3. The molecule has 1 aromatic rings. The summed E-state index contributed by atoms with van der Waals surface area (Å²) in [7, 11) is 1.34. The Balaban J connectivity index is 2.44. The highest BCUT2D eigenvalue weighted by Crippen LogP contribution is 2.40. The zero-order chi connectivity index (χ0) is 13.9. The molecule has 0 bridgehead atoms. The lowest BCUT2D eigenvalue weighted by Crippen LogP contribution is -2.43. The third-order valence-corrected chi connectivity index (χ3v) is 3.87. The molecule has 1 atom stereocenters. The van der Waals surface area contributed by atoms with E-state index in [1.54, 1.807) is 12.1 Å². The van der Waals surface area contributed by atoms with Crippen LogP contribution in [-0.4, -0.2) is 18.9 Å². The Morgan fingerprint density at radius 2 is 2.21 bits per heavy atom. The summed E-state index contributed by atoms with van der Waals surface area (Å²) < 4.78 is 4.88. The van der Waals surface area contributed by atoms with Crippen molar-refractivity contribution in [1.29, 1.82) is 0 Å². The lowest BCUT2D eigenvalue weighted by atomic mass is 9.68. The largest absolute Gasteiger partial charge is 0.468 e. The van der Waals surface area contributed by atoms with Crippen LogP contribution in [0.4, 0.5) is 0 Å². The van der Waals surface area contributed by atoms with Crippen LogP contribution in [0.15, 0.2) is 36.9 Å². The highest BCUT2D eigenvalue weighted by molar-refractivity contribution is 6.14. The summed E-state index contributed by atoms with van der Waals surface area (Å²) >= 11 is 0. The summed E-state index contributed by atoms with van der Waals surface area (Å²) in [5.41, 5.74) is 0.644. The number of aryl methyl sites for hydroxylation is 1. The number of carbonyl (C=O) groups is 2. The van der Waals surface area contributed by atoms with Crippen LogP contribution in [-0.2, 0) is 16.0 Å². The van der Waals surface area contributed by atoms with Crippen molar-refractivity contribution in [3.05, 3.63) is 48.0 Å². The molecule has 1 unspecified atom stereocenters. The fourth-order valence-electron chi connectivity index (χ4n) is 2.76. The fourth-order valence-corrected chi connectivity index (χ4v) is 2.76. The maximum Gasteiger partial charge on any atom is 0.319 e. The van der Waals surface area contributed by atoms with Crippen molar-refractivity contribution in [2.45, 2.75) is 25.7 Å². The van der Waals surface area contributed by atoms with Gasteiger partial charge in [0.05, 0.1) is 7.11 Å². The second-order valence-corrected chi connectivity index (χ2v) is 4.89. The molecule has 0 aromatic heterocycles. The van der Waals surface area contributed by atoms with E-state index >= 15 is 0 Å². The summed E-state index contributed by atoms with van der Waals surface area (Å²) in [4.78, 5) is 24.8. The molecule has 0 saturated carbocycles. The van der Waals surface area contributed by atoms with Gasteiger partial charge >= 0.3 is 5.97 Å². The van der Waals surface area contributed by atoms with Gasteiger partial charge < -0.3 is 4.74 Å². The molecule has 1 aliphatic carbocycles. The van der Waals surface area contributed by atoms with Crippen LogP contribution >= 0.6 is 0 Å². The first-order chi connectivity index (χ1) is 9.15. The van der Waals surface area contributed by atoms with E-state index < -0.39 is 11.4 Å². The molecule has 0 aliphatic heterocycles. The average Bonchev–Trinajstić information content (AvgIpc) is 2.46. The maximum atomic E-state index is 12.7. The van der Waals surface area contributed by atoms with Crippen LogP contribution < -0.4 is 0 Å².